The van der Waals surface area contributed by atoms with E-state index in [1.54, 1.807) is 31.4 Å². The lowest BCUT2D eigenvalue weighted by Gasteiger charge is -2.11. The first kappa shape index (κ1) is 21.2. The molecule has 0 aliphatic carbocycles. The summed E-state index contributed by atoms with van der Waals surface area (Å²) in [6.45, 7) is 2.73. The summed E-state index contributed by atoms with van der Waals surface area (Å²) in [5.74, 6) is 1.92. The van der Waals surface area contributed by atoms with Crippen molar-refractivity contribution in [2.24, 2.45) is 0 Å². The van der Waals surface area contributed by atoms with E-state index < -0.39 is 0 Å². The molecule has 9 heteroatoms. The number of hydrogen-bond acceptors (Lipinski definition) is 6. The maximum atomic E-state index is 12.0. The molecule has 0 atom stereocenters. The van der Waals surface area contributed by atoms with Gasteiger partial charge in [0.05, 0.1) is 17.8 Å². The third-order valence-electron chi connectivity index (χ3n) is 4.03. The monoisotopic (exact) mass is 426 g/mol. The Bertz CT molecular complexity index is 997. The number of anilines is 4. The van der Waals surface area contributed by atoms with E-state index in [1.165, 1.54) is 0 Å². The van der Waals surface area contributed by atoms with Crippen molar-refractivity contribution < 1.29 is 9.53 Å². The molecule has 8 nitrogen and oxygen atoms in total. The first-order chi connectivity index (χ1) is 14.5. The predicted molar refractivity (Wildman–Crippen MR) is 120 cm³/mol. The summed E-state index contributed by atoms with van der Waals surface area (Å²) in [5, 5.41) is 12.3. The molecule has 3 rings (SSSR count). The Morgan fingerprint density at radius 1 is 1.07 bits per heavy atom. The van der Waals surface area contributed by atoms with E-state index in [1.807, 2.05) is 37.3 Å². The second-order valence-corrected chi connectivity index (χ2v) is 6.77. The van der Waals surface area contributed by atoms with Gasteiger partial charge in [-0.05, 0) is 43.3 Å². The van der Waals surface area contributed by atoms with Crippen molar-refractivity contribution >= 4 is 40.8 Å². The largest absolute Gasteiger partial charge is 0.497 e. The van der Waals surface area contributed by atoms with Gasteiger partial charge in [0.25, 0.3) is 0 Å². The molecule has 4 N–H and O–H groups in total. The van der Waals surface area contributed by atoms with Crippen LogP contribution in [0.5, 0.6) is 5.75 Å². The van der Waals surface area contributed by atoms with E-state index >= 15 is 0 Å². The Balaban J connectivity index is 1.49. The quantitative estimate of drug-likeness (QED) is 0.398. The van der Waals surface area contributed by atoms with Crippen molar-refractivity contribution in [3.63, 3.8) is 0 Å². The average molecular weight is 427 g/mol. The molecule has 1 heterocycles. The van der Waals surface area contributed by atoms with Crippen molar-refractivity contribution in [1.82, 2.24) is 15.3 Å². The number of para-hydroxylation sites is 1. The fourth-order valence-electron chi connectivity index (χ4n) is 2.61. The Hall–Kier alpha value is -3.52. The highest BCUT2D eigenvalue weighted by Crippen LogP contribution is 2.21. The van der Waals surface area contributed by atoms with Crippen LogP contribution < -0.4 is 26.0 Å². The first-order valence-corrected chi connectivity index (χ1v) is 9.71. The number of amides is 2. The van der Waals surface area contributed by atoms with Crippen LogP contribution in [0, 0.1) is 6.92 Å². The van der Waals surface area contributed by atoms with Crippen LogP contribution >= 0.6 is 11.6 Å². The SMILES string of the molecule is COc1ccc(Nc2cc(C)nc(NCCNC(=O)Nc3ccccc3Cl)n2)cc1. The van der Waals surface area contributed by atoms with Crippen LogP contribution in [0.2, 0.25) is 5.02 Å². The molecule has 1 aromatic heterocycles. The topological polar surface area (TPSA) is 100 Å². The summed E-state index contributed by atoms with van der Waals surface area (Å²) in [5.41, 5.74) is 2.26. The summed E-state index contributed by atoms with van der Waals surface area (Å²) in [7, 11) is 1.63. The Morgan fingerprint density at radius 2 is 1.83 bits per heavy atom. The highest BCUT2D eigenvalue weighted by molar-refractivity contribution is 6.33. The van der Waals surface area contributed by atoms with Gasteiger partial charge < -0.3 is 26.0 Å². The maximum absolute atomic E-state index is 12.0. The second kappa shape index (κ2) is 10.3. The third-order valence-corrected chi connectivity index (χ3v) is 4.36. The van der Waals surface area contributed by atoms with Gasteiger partial charge in [0.2, 0.25) is 5.95 Å². The van der Waals surface area contributed by atoms with Crippen LogP contribution in [0.3, 0.4) is 0 Å². The Labute approximate surface area is 180 Å². The van der Waals surface area contributed by atoms with Crippen LogP contribution in [0.15, 0.2) is 54.6 Å². The summed E-state index contributed by atoms with van der Waals surface area (Å²) < 4.78 is 5.16. The molecule has 0 aliphatic heterocycles. The van der Waals surface area contributed by atoms with Gasteiger partial charge in [-0.25, -0.2) is 9.78 Å². The van der Waals surface area contributed by atoms with Gasteiger partial charge in [-0.2, -0.15) is 4.98 Å². The van der Waals surface area contributed by atoms with Crippen LogP contribution in [0.25, 0.3) is 0 Å². The number of aryl methyl sites for hydroxylation is 1. The summed E-state index contributed by atoms with van der Waals surface area (Å²) in [6, 6.07) is 16.1. The number of nitrogens with one attached hydrogen (secondary N) is 4. The van der Waals surface area contributed by atoms with E-state index in [-0.39, 0.29) is 6.03 Å². The minimum absolute atomic E-state index is 0.336. The summed E-state index contributed by atoms with van der Waals surface area (Å²) in [4.78, 5) is 20.8. The van der Waals surface area contributed by atoms with Gasteiger partial charge in [-0.3, -0.25) is 0 Å². The normalized spacial score (nSPS) is 10.2. The first-order valence-electron chi connectivity index (χ1n) is 9.33. The zero-order valence-electron chi connectivity index (χ0n) is 16.7. The molecule has 0 unspecified atom stereocenters. The number of carbonyl (C=O) groups excluding carboxylic acids is 1. The number of aromatic nitrogens is 2. The number of benzene rings is 2. The Morgan fingerprint density at radius 3 is 2.57 bits per heavy atom. The van der Waals surface area contributed by atoms with Crippen LogP contribution in [-0.4, -0.2) is 36.2 Å². The van der Waals surface area contributed by atoms with Crippen molar-refractivity contribution in [1.29, 1.82) is 0 Å². The third kappa shape index (κ3) is 6.25. The molecule has 0 aliphatic rings. The highest BCUT2D eigenvalue weighted by atomic mass is 35.5. The average Bonchev–Trinajstić information content (AvgIpc) is 2.73. The smallest absolute Gasteiger partial charge is 0.319 e. The van der Waals surface area contributed by atoms with Gasteiger partial charge in [-0.15, -0.1) is 0 Å². The van der Waals surface area contributed by atoms with Gasteiger partial charge >= 0.3 is 6.03 Å². The number of carbonyl (C=O) groups is 1. The molecule has 2 aromatic carbocycles. The van der Waals surface area contributed by atoms with Gasteiger partial charge in [0.15, 0.2) is 0 Å². The highest BCUT2D eigenvalue weighted by Gasteiger charge is 2.06. The zero-order chi connectivity index (χ0) is 21.3. The number of halogens is 1. The molecule has 0 saturated heterocycles. The number of nitrogens with zero attached hydrogens (tertiary/aromatic N) is 2. The van der Waals surface area contributed by atoms with Crippen molar-refractivity contribution in [2.45, 2.75) is 6.92 Å². The zero-order valence-corrected chi connectivity index (χ0v) is 17.5. The molecule has 0 saturated carbocycles. The van der Waals surface area contributed by atoms with E-state index in [9.17, 15) is 4.79 Å². The number of methoxy groups -OCH3 is 1. The lowest BCUT2D eigenvalue weighted by atomic mass is 10.3. The molecule has 156 valence electrons. The number of rotatable bonds is 8. The van der Waals surface area contributed by atoms with E-state index in [4.69, 9.17) is 16.3 Å². The fourth-order valence-corrected chi connectivity index (χ4v) is 2.80. The summed E-state index contributed by atoms with van der Waals surface area (Å²) >= 11 is 6.03. The molecule has 2 amide bonds. The Kier molecular flexibility index (Phi) is 7.29. The van der Waals surface area contributed by atoms with Crippen LogP contribution in [0.1, 0.15) is 5.69 Å². The molecule has 0 bridgehead atoms. The lowest BCUT2D eigenvalue weighted by Crippen LogP contribution is -2.32. The maximum Gasteiger partial charge on any atom is 0.319 e. The minimum Gasteiger partial charge on any atom is -0.497 e. The second-order valence-electron chi connectivity index (χ2n) is 6.36. The number of ether oxygens (including phenoxy) is 1. The molecule has 0 fully saturated rings. The van der Waals surface area contributed by atoms with E-state index in [0.717, 1.165) is 17.1 Å². The molecular formula is C21H23ClN6O2. The predicted octanol–water partition coefficient (Wildman–Crippen LogP) is 4.42. The lowest BCUT2D eigenvalue weighted by molar-refractivity contribution is 0.252. The van der Waals surface area contributed by atoms with Gasteiger partial charge in [0.1, 0.15) is 11.6 Å². The van der Waals surface area contributed by atoms with Crippen LogP contribution in [-0.2, 0) is 0 Å². The van der Waals surface area contributed by atoms with Crippen molar-refractivity contribution in [3.05, 3.63) is 65.3 Å². The van der Waals surface area contributed by atoms with E-state index in [0.29, 0.717) is 35.6 Å². The molecule has 30 heavy (non-hydrogen) atoms. The van der Waals surface area contributed by atoms with Gasteiger partial charge in [0, 0.05) is 30.5 Å². The molecule has 3 aromatic rings. The van der Waals surface area contributed by atoms with Gasteiger partial charge in [-0.1, -0.05) is 23.7 Å². The summed E-state index contributed by atoms with van der Waals surface area (Å²) in [6.07, 6.45) is 0. The van der Waals surface area contributed by atoms with Crippen LogP contribution in [0.4, 0.5) is 27.9 Å². The van der Waals surface area contributed by atoms with E-state index in [2.05, 4.69) is 31.2 Å². The fraction of sp³-hybridized carbons (Fsp3) is 0.190. The van der Waals surface area contributed by atoms with Crippen molar-refractivity contribution in [2.75, 3.05) is 36.1 Å². The minimum atomic E-state index is -0.336. The molecule has 0 spiro atoms. The molecular weight excluding hydrogens is 404 g/mol. The standard InChI is InChI=1S/C21H23ClN6O2/c1-14-13-19(26-15-7-9-16(30-2)10-8-15)28-20(25-14)23-11-12-24-21(29)27-18-6-4-3-5-17(18)22/h3-10,13H,11-12H2,1-2H3,(H2,24,27,29)(H2,23,25,26,28). The van der Waals surface area contributed by atoms with Crippen molar-refractivity contribution in [3.8, 4) is 5.75 Å². The number of hydrogen-bond donors (Lipinski definition) is 4. The molecule has 0 radical (unpaired) electrons. The number of urea groups is 1.